The predicted molar refractivity (Wildman–Crippen MR) is 72.2 cm³/mol. The Morgan fingerprint density at radius 2 is 2.22 bits per heavy atom. The normalized spacial score (nSPS) is 21.8. The monoisotopic (exact) mass is 331 g/mol. The molecule has 2 aliphatic rings. The average molecular weight is 332 g/mol. The fraction of sp³-hybridized carbons (Fsp3) is 0.500. The maximum atomic E-state index is 11.8. The van der Waals surface area contributed by atoms with Gasteiger partial charge in [0.05, 0.1) is 12.4 Å². The Morgan fingerprint density at radius 1 is 1.39 bits per heavy atom. The van der Waals surface area contributed by atoms with Crippen LogP contribution in [0, 0.1) is 0 Å². The Labute approximate surface area is 115 Å². The van der Waals surface area contributed by atoms with Crippen molar-refractivity contribution in [2.24, 2.45) is 0 Å². The van der Waals surface area contributed by atoms with Crippen LogP contribution in [0.2, 0.25) is 0 Å². The summed E-state index contributed by atoms with van der Waals surface area (Å²) in [5.74, 6) is 1.14. The second kappa shape index (κ2) is 4.51. The van der Waals surface area contributed by atoms with Crippen LogP contribution in [0.3, 0.4) is 0 Å². The molecule has 1 saturated heterocycles. The van der Waals surface area contributed by atoms with E-state index >= 15 is 0 Å². The minimum absolute atomic E-state index is 0.268. The van der Waals surface area contributed by atoms with E-state index in [0.717, 1.165) is 34.2 Å². The number of halogens is 1. The van der Waals surface area contributed by atoms with Crippen molar-refractivity contribution < 1.29 is 13.2 Å². The molecule has 1 aromatic rings. The van der Waals surface area contributed by atoms with Crippen LogP contribution in [0.25, 0.3) is 0 Å². The van der Waals surface area contributed by atoms with E-state index in [2.05, 4.69) is 15.9 Å². The molecule has 0 N–H and O–H groups in total. The lowest BCUT2D eigenvalue weighted by Gasteiger charge is -2.16. The fourth-order valence-corrected chi connectivity index (χ4v) is 4.57. The Morgan fingerprint density at radius 3 is 2.94 bits per heavy atom. The molecule has 2 heterocycles. The third-order valence-corrected chi connectivity index (χ3v) is 5.74. The maximum absolute atomic E-state index is 11.8. The topological polar surface area (TPSA) is 46.6 Å². The molecule has 1 aromatic carbocycles. The number of benzene rings is 1. The zero-order valence-electron chi connectivity index (χ0n) is 9.86. The first-order valence-electron chi connectivity index (χ1n) is 5.98. The summed E-state index contributed by atoms with van der Waals surface area (Å²) in [7, 11) is -3.05. The van der Waals surface area contributed by atoms with E-state index in [1.165, 1.54) is 0 Å². The summed E-state index contributed by atoms with van der Waals surface area (Å²) in [4.78, 5) is 0. The van der Waals surface area contributed by atoms with E-state index in [0.29, 0.717) is 19.7 Å². The van der Waals surface area contributed by atoms with E-state index in [-0.39, 0.29) is 5.75 Å². The van der Waals surface area contributed by atoms with Crippen LogP contribution in [0.5, 0.6) is 5.75 Å². The molecule has 2 aliphatic heterocycles. The number of hydrogen-bond acceptors (Lipinski definition) is 3. The minimum atomic E-state index is -3.05. The molecular weight excluding hydrogens is 318 g/mol. The largest absolute Gasteiger partial charge is 0.493 e. The van der Waals surface area contributed by atoms with Gasteiger partial charge < -0.3 is 4.74 Å². The van der Waals surface area contributed by atoms with E-state index in [1.807, 2.05) is 12.1 Å². The SMILES string of the molecule is O=S1(=O)CCCN1Cc1cc(Br)cc2c1OCC2. The van der Waals surface area contributed by atoms with Crippen molar-refractivity contribution in [3.8, 4) is 5.75 Å². The summed E-state index contributed by atoms with van der Waals surface area (Å²) in [6.45, 7) is 1.72. The molecule has 4 nitrogen and oxygen atoms in total. The van der Waals surface area contributed by atoms with Gasteiger partial charge in [0.1, 0.15) is 5.75 Å². The van der Waals surface area contributed by atoms with E-state index in [9.17, 15) is 8.42 Å². The molecule has 0 saturated carbocycles. The lowest BCUT2D eigenvalue weighted by atomic mass is 10.1. The Bertz CT molecular complexity index is 585. The highest BCUT2D eigenvalue weighted by molar-refractivity contribution is 9.10. The maximum Gasteiger partial charge on any atom is 0.214 e. The van der Waals surface area contributed by atoms with E-state index in [1.54, 1.807) is 4.31 Å². The third-order valence-electron chi connectivity index (χ3n) is 3.38. The lowest BCUT2D eigenvalue weighted by Crippen LogP contribution is -2.25. The molecule has 1 fully saturated rings. The van der Waals surface area contributed by atoms with Crippen LogP contribution in [-0.2, 0) is 23.0 Å². The van der Waals surface area contributed by atoms with Crippen LogP contribution in [-0.4, -0.2) is 31.6 Å². The van der Waals surface area contributed by atoms with Gasteiger partial charge in [-0.1, -0.05) is 15.9 Å². The molecule has 0 aliphatic carbocycles. The molecule has 98 valence electrons. The molecule has 0 atom stereocenters. The summed E-state index contributed by atoms with van der Waals surface area (Å²) in [6, 6.07) is 4.00. The first kappa shape index (κ1) is 12.4. The third kappa shape index (κ3) is 2.17. The van der Waals surface area contributed by atoms with Gasteiger partial charge in [-0.2, -0.15) is 4.31 Å². The van der Waals surface area contributed by atoms with Crippen molar-refractivity contribution in [3.63, 3.8) is 0 Å². The van der Waals surface area contributed by atoms with Crippen molar-refractivity contribution in [1.82, 2.24) is 4.31 Å². The van der Waals surface area contributed by atoms with Crippen LogP contribution in [0.4, 0.5) is 0 Å². The Kier molecular flexibility index (Phi) is 3.11. The summed E-state index contributed by atoms with van der Waals surface area (Å²) < 4.78 is 31.8. The first-order chi connectivity index (χ1) is 8.56. The fourth-order valence-electron chi connectivity index (χ4n) is 2.52. The standard InChI is InChI=1S/C12H14BrNO3S/c13-11-6-9-2-4-17-12(9)10(7-11)8-14-3-1-5-18(14,15)16/h6-7H,1-5,8H2. The molecule has 3 rings (SSSR count). The highest BCUT2D eigenvalue weighted by Gasteiger charge is 2.30. The Hall–Kier alpha value is -0.590. The summed E-state index contributed by atoms with van der Waals surface area (Å²) in [5.41, 5.74) is 2.12. The highest BCUT2D eigenvalue weighted by atomic mass is 79.9. The van der Waals surface area contributed by atoms with Gasteiger partial charge in [0.2, 0.25) is 10.0 Å². The van der Waals surface area contributed by atoms with Gasteiger partial charge in [0.25, 0.3) is 0 Å². The van der Waals surface area contributed by atoms with Gasteiger partial charge in [-0.05, 0) is 24.1 Å². The van der Waals surface area contributed by atoms with E-state index in [4.69, 9.17) is 4.74 Å². The number of fused-ring (bicyclic) bond motifs is 1. The van der Waals surface area contributed by atoms with E-state index < -0.39 is 10.0 Å². The van der Waals surface area contributed by atoms with Gasteiger partial charge in [0.15, 0.2) is 0 Å². The molecule has 0 amide bonds. The molecule has 0 spiro atoms. The molecule has 0 bridgehead atoms. The molecule has 0 radical (unpaired) electrons. The summed E-state index contributed by atoms with van der Waals surface area (Å²) in [6.07, 6.45) is 1.62. The lowest BCUT2D eigenvalue weighted by molar-refractivity contribution is 0.347. The molecule has 6 heteroatoms. The first-order valence-corrected chi connectivity index (χ1v) is 8.38. The zero-order chi connectivity index (χ0) is 12.8. The van der Waals surface area contributed by atoms with Gasteiger partial charge >= 0.3 is 0 Å². The average Bonchev–Trinajstić information content (AvgIpc) is 2.86. The van der Waals surface area contributed by atoms with Crippen LogP contribution in [0.1, 0.15) is 17.5 Å². The zero-order valence-corrected chi connectivity index (χ0v) is 12.3. The molecule has 18 heavy (non-hydrogen) atoms. The number of hydrogen-bond donors (Lipinski definition) is 0. The van der Waals surface area contributed by atoms with Gasteiger partial charge in [-0.15, -0.1) is 0 Å². The number of nitrogens with zero attached hydrogens (tertiary/aromatic N) is 1. The smallest absolute Gasteiger partial charge is 0.214 e. The van der Waals surface area contributed by atoms with Crippen molar-refractivity contribution in [1.29, 1.82) is 0 Å². The second-order valence-electron chi connectivity index (χ2n) is 4.65. The highest BCUT2D eigenvalue weighted by Crippen LogP contribution is 2.34. The minimum Gasteiger partial charge on any atom is -0.493 e. The molecule has 0 unspecified atom stereocenters. The quantitative estimate of drug-likeness (QED) is 0.831. The predicted octanol–water partition coefficient (Wildman–Crippen LogP) is 1.92. The van der Waals surface area contributed by atoms with Crippen molar-refractivity contribution in [3.05, 3.63) is 27.7 Å². The van der Waals surface area contributed by atoms with Crippen LogP contribution < -0.4 is 4.74 Å². The van der Waals surface area contributed by atoms with Gasteiger partial charge in [0, 0.05) is 29.5 Å². The number of sulfonamides is 1. The summed E-state index contributed by atoms with van der Waals surface area (Å²) >= 11 is 3.47. The van der Waals surface area contributed by atoms with Gasteiger partial charge in [-0.25, -0.2) is 8.42 Å². The van der Waals surface area contributed by atoms with Gasteiger partial charge in [-0.3, -0.25) is 0 Å². The van der Waals surface area contributed by atoms with Crippen molar-refractivity contribution in [2.75, 3.05) is 18.9 Å². The number of ether oxygens (including phenoxy) is 1. The van der Waals surface area contributed by atoms with Crippen molar-refractivity contribution >= 4 is 26.0 Å². The van der Waals surface area contributed by atoms with Crippen LogP contribution in [0.15, 0.2) is 16.6 Å². The van der Waals surface area contributed by atoms with Crippen molar-refractivity contribution in [2.45, 2.75) is 19.4 Å². The molecular formula is C12H14BrNO3S. The number of rotatable bonds is 2. The molecule has 0 aromatic heterocycles. The Balaban J connectivity index is 1.94. The summed E-state index contributed by atoms with van der Waals surface area (Å²) in [5, 5.41) is 0. The second-order valence-corrected chi connectivity index (χ2v) is 7.66. The van der Waals surface area contributed by atoms with Crippen LogP contribution >= 0.6 is 15.9 Å².